The third-order valence-electron chi connectivity index (χ3n) is 8.06. The van der Waals surface area contributed by atoms with Crippen molar-refractivity contribution >= 4 is 8.80 Å². The normalized spacial score (nSPS) is 36.8. The molecule has 0 aliphatic carbocycles. The Kier molecular flexibility index (Phi) is 9.60. The molecule has 3 fully saturated rings. The van der Waals surface area contributed by atoms with Gasteiger partial charge in [-0.15, -0.1) is 0 Å². The van der Waals surface area contributed by atoms with Crippen LogP contribution in [0.25, 0.3) is 0 Å². The molecule has 0 aromatic rings. The van der Waals surface area contributed by atoms with Crippen LogP contribution >= 0.6 is 0 Å². The highest BCUT2D eigenvalue weighted by Gasteiger charge is 2.78. The van der Waals surface area contributed by atoms with E-state index in [1.165, 1.54) is 12.8 Å². The molecule has 32 heavy (non-hydrogen) atoms. The molecule has 4 atom stereocenters. The molecule has 0 aromatic heterocycles. The van der Waals surface area contributed by atoms with Gasteiger partial charge in [0.1, 0.15) is 5.60 Å². The Morgan fingerprint density at radius 3 is 2.03 bits per heavy atom. The second kappa shape index (κ2) is 11.6. The summed E-state index contributed by atoms with van der Waals surface area (Å²) >= 11 is 0. The van der Waals surface area contributed by atoms with Gasteiger partial charge in [0.15, 0.2) is 11.5 Å². The standard InChI is InChI=1S/C24H46O7Si/c1-6-7-8-15-22(16-9-11-19-29-22)23(17-10-12-20-30-23)24(32(26-3,27-4)28-5)18-13-14-21(25-2)31-24/h21H,6-20H2,1-5H3. The van der Waals surface area contributed by atoms with Gasteiger partial charge in [-0.25, -0.2) is 0 Å². The van der Waals surface area contributed by atoms with Crippen LogP contribution in [-0.2, 0) is 32.2 Å². The van der Waals surface area contributed by atoms with Gasteiger partial charge in [0.2, 0.25) is 0 Å². The van der Waals surface area contributed by atoms with E-state index in [2.05, 4.69) is 6.92 Å². The van der Waals surface area contributed by atoms with E-state index in [-0.39, 0.29) is 6.29 Å². The van der Waals surface area contributed by atoms with E-state index < -0.39 is 25.2 Å². The topological polar surface area (TPSA) is 64.6 Å². The van der Waals surface area contributed by atoms with E-state index in [4.69, 9.17) is 32.2 Å². The number of ether oxygens (including phenoxy) is 4. The first-order valence-electron chi connectivity index (χ1n) is 12.7. The first kappa shape index (κ1) is 26.5. The molecule has 3 aliphatic rings. The summed E-state index contributed by atoms with van der Waals surface area (Å²) in [7, 11) is 3.39. The first-order valence-corrected chi connectivity index (χ1v) is 14.4. The van der Waals surface area contributed by atoms with E-state index in [0.717, 1.165) is 77.2 Å². The largest absolute Gasteiger partial charge is 0.537 e. The molecule has 4 unspecified atom stereocenters. The van der Waals surface area contributed by atoms with Crippen molar-refractivity contribution < 1.29 is 32.2 Å². The van der Waals surface area contributed by atoms with Crippen LogP contribution < -0.4 is 0 Å². The Morgan fingerprint density at radius 2 is 1.50 bits per heavy atom. The predicted molar refractivity (Wildman–Crippen MR) is 124 cm³/mol. The van der Waals surface area contributed by atoms with Crippen molar-refractivity contribution in [3.8, 4) is 0 Å². The molecule has 3 saturated heterocycles. The molecule has 0 radical (unpaired) electrons. The lowest BCUT2D eigenvalue weighted by molar-refractivity contribution is -0.342. The fourth-order valence-corrected chi connectivity index (χ4v) is 9.78. The highest BCUT2D eigenvalue weighted by molar-refractivity contribution is 6.64. The Hall–Kier alpha value is -0.0631. The summed E-state index contributed by atoms with van der Waals surface area (Å²) in [5.41, 5.74) is -1.16. The second-order valence-corrected chi connectivity index (χ2v) is 12.7. The molecule has 8 heteroatoms. The zero-order chi connectivity index (χ0) is 23.1. The lowest BCUT2D eigenvalue weighted by Gasteiger charge is -2.64. The maximum absolute atomic E-state index is 6.98. The molecule has 0 amide bonds. The van der Waals surface area contributed by atoms with Gasteiger partial charge in [-0.1, -0.05) is 26.2 Å². The van der Waals surface area contributed by atoms with E-state index in [9.17, 15) is 0 Å². The lowest BCUT2D eigenvalue weighted by atomic mass is 9.66. The highest BCUT2D eigenvalue weighted by atomic mass is 28.4. The third kappa shape index (κ3) is 4.35. The van der Waals surface area contributed by atoms with Crippen molar-refractivity contribution in [2.24, 2.45) is 0 Å². The summed E-state index contributed by atoms with van der Waals surface area (Å²) in [6.45, 7) is 3.68. The van der Waals surface area contributed by atoms with Gasteiger partial charge in [0, 0.05) is 41.7 Å². The minimum Gasteiger partial charge on any atom is -0.375 e. The Morgan fingerprint density at radius 1 is 0.812 bits per heavy atom. The fourth-order valence-electron chi connectivity index (χ4n) is 6.61. The number of methoxy groups -OCH3 is 1. The molecular weight excluding hydrogens is 428 g/mol. The minimum absolute atomic E-state index is 0.352. The van der Waals surface area contributed by atoms with Crippen LogP contribution in [0.4, 0.5) is 0 Å². The van der Waals surface area contributed by atoms with E-state index in [1.807, 2.05) is 0 Å². The van der Waals surface area contributed by atoms with Crippen LogP contribution in [0.2, 0.25) is 0 Å². The summed E-state index contributed by atoms with van der Waals surface area (Å²) in [6, 6.07) is 0. The molecule has 3 rings (SSSR count). The molecular formula is C24H46O7Si. The van der Waals surface area contributed by atoms with Gasteiger partial charge in [-0.05, 0) is 64.2 Å². The maximum Gasteiger partial charge on any atom is 0.537 e. The van der Waals surface area contributed by atoms with Gasteiger partial charge in [0.25, 0.3) is 0 Å². The smallest absolute Gasteiger partial charge is 0.375 e. The molecule has 0 spiro atoms. The van der Waals surface area contributed by atoms with Crippen LogP contribution in [0, 0.1) is 0 Å². The fraction of sp³-hybridized carbons (Fsp3) is 1.00. The maximum atomic E-state index is 6.98. The Bertz CT molecular complexity index is 550. The van der Waals surface area contributed by atoms with Crippen LogP contribution in [-0.4, -0.2) is 73.2 Å². The summed E-state index contributed by atoms with van der Waals surface area (Å²) in [5, 5.41) is -0.902. The van der Waals surface area contributed by atoms with Crippen molar-refractivity contribution in [1.82, 2.24) is 0 Å². The van der Waals surface area contributed by atoms with Crippen LogP contribution in [0.15, 0.2) is 0 Å². The van der Waals surface area contributed by atoms with Gasteiger partial charge >= 0.3 is 8.80 Å². The summed E-state index contributed by atoms with van der Waals surface area (Å²) in [6.07, 6.45) is 12.7. The minimum atomic E-state index is -3.37. The van der Waals surface area contributed by atoms with Crippen molar-refractivity contribution in [3.05, 3.63) is 0 Å². The molecule has 0 N–H and O–H groups in total. The number of unbranched alkanes of at least 4 members (excludes halogenated alkanes) is 2. The van der Waals surface area contributed by atoms with Crippen molar-refractivity contribution in [2.45, 2.75) is 113 Å². The lowest BCUT2D eigenvalue weighted by Crippen LogP contribution is -2.83. The third-order valence-corrected chi connectivity index (χ3v) is 11.4. The van der Waals surface area contributed by atoms with E-state index in [1.54, 1.807) is 28.4 Å². The summed E-state index contributed by atoms with van der Waals surface area (Å²) in [5.74, 6) is 0. The zero-order valence-corrected chi connectivity index (χ0v) is 22.0. The van der Waals surface area contributed by atoms with Gasteiger partial charge in [-0.2, -0.15) is 0 Å². The first-order chi connectivity index (χ1) is 15.5. The monoisotopic (exact) mass is 474 g/mol. The molecule has 188 valence electrons. The summed E-state index contributed by atoms with van der Waals surface area (Å²) in [4.78, 5) is 0. The second-order valence-electron chi connectivity index (χ2n) is 9.56. The van der Waals surface area contributed by atoms with Gasteiger partial charge in [0.05, 0.1) is 5.60 Å². The molecule has 7 nitrogen and oxygen atoms in total. The molecule has 0 aromatic carbocycles. The molecule has 3 aliphatic heterocycles. The van der Waals surface area contributed by atoms with Crippen molar-refractivity contribution in [2.75, 3.05) is 41.7 Å². The number of hydrogen-bond acceptors (Lipinski definition) is 7. The van der Waals surface area contributed by atoms with Crippen LogP contribution in [0.3, 0.4) is 0 Å². The van der Waals surface area contributed by atoms with Crippen LogP contribution in [0.1, 0.15) is 90.4 Å². The average Bonchev–Trinajstić information content (AvgIpc) is 2.86. The van der Waals surface area contributed by atoms with E-state index >= 15 is 0 Å². The molecule has 0 bridgehead atoms. The quantitative estimate of drug-likeness (QED) is 0.315. The van der Waals surface area contributed by atoms with Gasteiger partial charge < -0.3 is 32.2 Å². The number of hydrogen-bond donors (Lipinski definition) is 0. The van der Waals surface area contributed by atoms with Crippen molar-refractivity contribution in [3.63, 3.8) is 0 Å². The van der Waals surface area contributed by atoms with Gasteiger partial charge in [-0.3, -0.25) is 0 Å². The predicted octanol–water partition coefficient (Wildman–Crippen LogP) is 4.77. The van der Waals surface area contributed by atoms with Crippen LogP contribution in [0.5, 0.6) is 0 Å². The Labute approximate surface area is 196 Å². The molecule has 0 saturated carbocycles. The highest BCUT2D eigenvalue weighted by Crippen LogP contribution is 2.58. The number of rotatable bonds is 11. The molecule has 3 heterocycles. The average molecular weight is 475 g/mol. The van der Waals surface area contributed by atoms with Crippen molar-refractivity contribution in [1.29, 1.82) is 0 Å². The van der Waals surface area contributed by atoms with E-state index in [0.29, 0.717) is 6.61 Å². The Balaban J connectivity index is 2.21. The zero-order valence-electron chi connectivity index (χ0n) is 21.0. The SMILES string of the molecule is CCCCCC1(C2(C3([Si](OC)(OC)OC)CCCC(OC)O3)CCCCO2)CCCCO1. The summed E-state index contributed by atoms with van der Waals surface area (Å²) < 4.78 is 45.1.